The Kier molecular flexibility index (Phi) is 3.85. The zero-order valence-electron chi connectivity index (χ0n) is 11.9. The zero-order chi connectivity index (χ0) is 16.8. The molecule has 1 aliphatic rings. The summed E-state index contributed by atoms with van der Waals surface area (Å²) in [4.78, 5) is 26.2. The smallest absolute Gasteiger partial charge is 0.319 e. The zero-order valence-corrected chi connectivity index (χ0v) is 13.5. The Morgan fingerprint density at radius 3 is 2.65 bits per heavy atom. The van der Waals surface area contributed by atoms with E-state index in [4.69, 9.17) is 11.6 Å². The Balaban J connectivity index is 1.91. The minimum absolute atomic E-state index is 0.0676. The molecule has 1 atom stereocenters. The lowest BCUT2D eigenvalue weighted by Gasteiger charge is -2.20. The summed E-state index contributed by atoms with van der Waals surface area (Å²) in [6, 6.07) is 6.24. The second-order valence-corrected chi connectivity index (χ2v) is 6.98. The van der Waals surface area contributed by atoms with Crippen LogP contribution in [0.2, 0.25) is 4.34 Å². The molecule has 0 bridgehead atoms. The van der Waals surface area contributed by atoms with E-state index in [2.05, 4.69) is 5.32 Å². The van der Waals surface area contributed by atoms with Gasteiger partial charge in [0.05, 0.1) is 10.9 Å². The molecule has 1 aromatic heterocycles. The highest BCUT2D eigenvalue weighted by Gasteiger charge is 2.49. The third kappa shape index (κ3) is 2.60. The van der Waals surface area contributed by atoms with Crippen molar-refractivity contribution in [1.82, 2.24) is 10.2 Å². The van der Waals surface area contributed by atoms with Gasteiger partial charge in [0, 0.05) is 10.4 Å². The number of nitrogens with one attached hydrogen (secondary N) is 1. The number of carbonyl (C=O) groups excluding carboxylic acids is 2. The number of urea groups is 1. The maximum absolute atomic E-state index is 13.8. The number of amides is 3. The van der Waals surface area contributed by atoms with Crippen molar-refractivity contribution in [3.63, 3.8) is 0 Å². The molecule has 0 saturated carbocycles. The molecule has 3 rings (SSSR count). The molecule has 1 saturated heterocycles. The Bertz CT molecular complexity index is 811. The van der Waals surface area contributed by atoms with Crippen LogP contribution in [0.1, 0.15) is 17.4 Å². The minimum Gasteiger partial charge on any atom is -0.319 e. The molecule has 1 fully saturated rings. The van der Waals surface area contributed by atoms with Gasteiger partial charge in [-0.2, -0.15) is 0 Å². The molecule has 2 heterocycles. The van der Waals surface area contributed by atoms with Crippen LogP contribution in [0.25, 0.3) is 0 Å². The molecule has 1 N–H and O–H groups in total. The Hall–Kier alpha value is -1.99. The van der Waals surface area contributed by atoms with Crippen LogP contribution in [0.3, 0.4) is 0 Å². The average molecular weight is 357 g/mol. The maximum Gasteiger partial charge on any atom is 0.325 e. The summed E-state index contributed by atoms with van der Waals surface area (Å²) < 4.78 is 27.5. The van der Waals surface area contributed by atoms with Crippen molar-refractivity contribution in [1.29, 1.82) is 0 Å². The number of rotatable bonds is 3. The van der Waals surface area contributed by atoms with E-state index in [-0.39, 0.29) is 12.1 Å². The van der Waals surface area contributed by atoms with Crippen LogP contribution < -0.4 is 5.32 Å². The lowest BCUT2D eigenvalue weighted by Crippen LogP contribution is -2.40. The first-order valence-electron chi connectivity index (χ1n) is 6.66. The number of benzene rings is 1. The number of imide groups is 1. The van der Waals surface area contributed by atoms with Crippen LogP contribution in [0.4, 0.5) is 13.6 Å². The number of hydrogen-bond acceptors (Lipinski definition) is 3. The summed E-state index contributed by atoms with van der Waals surface area (Å²) in [5.41, 5.74) is -1.33. The van der Waals surface area contributed by atoms with Crippen molar-refractivity contribution >= 4 is 34.9 Å². The fourth-order valence-corrected chi connectivity index (χ4v) is 3.57. The SMILES string of the molecule is CC1(c2ccc(Cl)s2)NC(=O)N(Cc2cccc(F)c2F)C1=O. The molecule has 0 aliphatic carbocycles. The highest BCUT2D eigenvalue weighted by Crippen LogP contribution is 2.36. The van der Waals surface area contributed by atoms with Gasteiger partial charge in [-0.15, -0.1) is 11.3 Å². The van der Waals surface area contributed by atoms with Gasteiger partial charge in [0.1, 0.15) is 0 Å². The Labute approximate surface area is 139 Å². The third-order valence-corrected chi connectivity index (χ3v) is 5.15. The number of nitrogens with zero attached hydrogens (tertiary/aromatic N) is 1. The molecule has 8 heteroatoms. The standard InChI is InChI=1S/C15H11ClF2N2O2S/c1-15(10-5-6-11(16)23-10)13(21)20(14(22)19-15)7-8-3-2-4-9(17)12(8)18/h2-6H,7H2,1H3,(H,19,22). The van der Waals surface area contributed by atoms with E-state index in [1.54, 1.807) is 19.1 Å². The van der Waals surface area contributed by atoms with Crippen molar-refractivity contribution < 1.29 is 18.4 Å². The summed E-state index contributed by atoms with van der Waals surface area (Å²) in [6.45, 7) is 1.21. The number of carbonyl (C=O) groups is 2. The third-order valence-electron chi connectivity index (χ3n) is 3.70. The van der Waals surface area contributed by atoms with Crippen LogP contribution in [0.15, 0.2) is 30.3 Å². The van der Waals surface area contributed by atoms with E-state index in [1.165, 1.54) is 23.5 Å². The maximum atomic E-state index is 13.8. The van der Waals surface area contributed by atoms with Gasteiger partial charge in [0.15, 0.2) is 17.2 Å². The second kappa shape index (κ2) is 5.58. The van der Waals surface area contributed by atoms with Gasteiger partial charge in [-0.1, -0.05) is 23.7 Å². The number of hydrogen-bond donors (Lipinski definition) is 1. The van der Waals surface area contributed by atoms with E-state index in [9.17, 15) is 18.4 Å². The van der Waals surface area contributed by atoms with Crippen molar-refractivity contribution in [3.8, 4) is 0 Å². The topological polar surface area (TPSA) is 49.4 Å². The van der Waals surface area contributed by atoms with Crippen LogP contribution in [0.5, 0.6) is 0 Å². The molecular formula is C15H11ClF2N2O2S. The quantitative estimate of drug-likeness (QED) is 0.853. The largest absolute Gasteiger partial charge is 0.325 e. The van der Waals surface area contributed by atoms with E-state index in [0.717, 1.165) is 11.0 Å². The van der Waals surface area contributed by atoms with E-state index in [0.29, 0.717) is 9.21 Å². The summed E-state index contributed by atoms with van der Waals surface area (Å²) in [6.07, 6.45) is 0. The number of halogens is 3. The fraction of sp³-hybridized carbons (Fsp3) is 0.200. The Morgan fingerprint density at radius 1 is 1.26 bits per heavy atom. The summed E-state index contributed by atoms with van der Waals surface area (Å²) >= 11 is 7.05. The van der Waals surface area contributed by atoms with Crippen LogP contribution >= 0.6 is 22.9 Å². The second-order valence-electron chi connectivity index (χ2n) is 5.26. The van der Waals surface area contributed by atoms with E-state index >= 15 is 0 Å². The van der Waals surface area contributed by atoms with E-state index in [1.807, 2.05) is 0 Å². The normalized spacial score (nSPS) is 21.0. The van der Waals surface area contributed by atoms with Crippen LogP contribution in [-0.2, 0) is 16.9 Å². The summed E-state index contributed by atoms with van der Waals surface area (Å²) in [7, 11) is 0. The monoisotopic (exact) mass is 356 g/mol. The van der Waals surface area contributed by atoms with Crippen molar-refractivity contribution in [2.75, 3.05) is 0 Å². The van der Waals surface area contributed by atoms with Gasteiger partial charge in [0.25, 0.3) is 5.91 Å². The van der Waals surface area contributed by atoms with Gasteiger partial charge in [-0.25, -0.2) is 13.6 Å². The highest BCUT2D eigenvalue weighted by molar-refractivity contribution is 7.16. The predicted molar refractivity (Wildman–Crippen MR) is 82.1 cm³/mol. The van der Waals surface area contributed by atoms with Crippen LogP contribution in [-0.4, -0.2) is 16.8 Å². The van der Waals surface area contributed by atoms with Gasteiger partial charge in [-0.05, 0) is 25.1 Å². The molecule has 1 aromatic carbocycles. The van der Waals surface area contributed by atoms with Gasteiger partial charge < -0.3 is 5.32 Å². The minimum atomic E-state index is -1.27. The van der Waals surface area contributed by atoms with Crippen LogP contribution in [0, 0.1) is 11.6 Å². The molecule has 1 aliphatic heterocycles. The predicted octanol–water partition coefficient (Wildman–Crippen LogP) is 3.65. The Morgan fingerprint density at radius 2 is 2.00 bits per heavy atom. The van der Waals surface area contributed by atoms with Crippen molar-refractivity contribution in [3.05, 3.63) is 56.7 Å². The van der Waals surface area contributed by atoms with Crippen molar-refractivity contribution in [2.45, 2.75) is 19.0 Å². The summed E-state index contributed by atoms with van der Waals surface area (Å²) in [5, 5.41) is 2.59. The summed E-state index contributed by atoms with van der Waals surface area (Å²) in [5.74, 6) is -2.63. The molecule has 3 amide bonds. The molecule has 1 unspecified atom stereocenters. The first-order chi connectivity index (χ1) is 10.8. The lowest BCUT2D eigenvalue weighted by molar-refractivity contribution is -0.131. The van der Waals surface area contributed by atoms with E-state index < -0.39 is 29.1 Å². The first kappa shape index (κ1) is 15.9. The first-order valence-corrected chi connectivity index (χ1v) is 7.85. The molecular weight excluding hydrogens is 346 g/mol. The van der Waals surface area contributed by atoms with Gasteiger partial charge in [-0.3, -0.25) is 9.69 Å². The molecule has 0 spiro atoms. The molecule has 23 heavy (non-hydrogen) atoms. The molecule has 4 nitrogen and oxygen atoms in total. The van der Waals surface area contributed by atoms with Gasteiger partial charge >= 0.3 is 6.03 Å². The molecule has 2 aromatic rings. The molecule has 0 radical (unpaired) electrons. The fourth-order valence-electron chi connectivity index (χ4n) is 2.43. The lowest BCUT2D eigenvalue weighted by atomic mass is 10.0. The molecule has 120 valence electrons. The van der Waals surface area contributed by atoms with Crippen molar-refractivity contribution in [2.24, 2.45) is 0 Å². The number of thiophene rings is 1. The van der Waals surface area contributed by atoms with Gasteiger partial charge in [0.2, 0.25) is 0 Å². The highest BCUT2D eigenvalue weighted by atomic mass is 35.5. The average Bonchev–Trinajstić information content (AvgIpc) is 3.02.